The summed E-state index contributed by atoms with van der Waals surface area (Å²) in [6, 6.07) is 10.9. The molecule has 2 heterocycles. The van der Waals surface area contributed by atoms with E-state index in [1.165, 1.54) is 18.9 Å². The first-order valence-electron chi connectivity index (χ1n) is 8.32. The maximum Gasteiger partial charge on any atom is 0.222 e. The lowest BCUT2D eigenvalue weighted by molar-refractivity contribution is -0.114. The fourth-order valence-electron chi connectivity index (χ4n) is 2.46. The van der Waals surface area contributed by atoms with Gasteiger partial charge in [-0.25, -0.2) is 9.37 Å². The highest BCUT2D eigenvalue weighted by atomic mass is 32.2. The normalized spacial score (nSPS) is 10.5. The van der Waals surface area contributed by atoms with E-state index in [2.05, 4.69) is 20.0 Å². The number of carbonyl (C=O) groups excluding carboxylic acids is 1. The van der Waals surface area contributed by atoms with Crippen LogP contribution < -0.4 is 10.0 Å². The summed E-state index contributed by atoms with van der Waals surface area (Å²) in [4.78, 5) is 20.3. The Morgan fingerprint density at radius 3 is 2.70 bits per heavy atom. The maximum absolute atomic E-state index is 14.2. The molecule has 0 unspecified atom stereocenters. The Kier molecular flexibility index (Phi) is 5.71. The lowest BCUT2D eigenvalue weighted by Gasteiger charge is -2.12. The quantitative estimate of drug-likeness (QED) is 0.610. The molecule has 1 aromatic carbocycles. The number of aryl methyl sites for hydroxylation is 2. The van der Waals surface area contributed by atoms with Gasteiger partial charge in [-0.3, -0.25) is 9.78 Å². The van der Waals surface area contributed by atoms with Gasteiger partial charge < -0.3 is 10.0 Å². The fourth-order valence-corrected chi connectivity index (χ4v) is 3.29. The van der Waals surface area contributed by atoms with Crippen molar-refractivity contribution in [2.24, 2.45) is 0 Å². The number of halogens is 1. The summed E-state index contributed by atoms with van der Waals surface area (Å²) in [7, 11) is 0. The molecule has 0 saturated heterocycles. The number of anilines is 2. The molecule has 1 amide bonds. The molecule has 0 spiro atoms. The Hall–Kier alpha value is -2.93. The van der Waals surface area contributed by atoms with Crippen molar-refractivity contribution in [3.8, 4) is 11.1 Å². The maximum atomic E-state index is 14.2. The highest BCUT2D eigenvalue weighted by molar-refractivity contribution is 8.00. The van der Waals surface area contributed by atoms with E-state index in [1.807, 2.05) is 25.1 Å². The number of hydrogen-bond acceptors (Lipinski definition) is 5. The van der Waals surface area contributed by atoms with Crippen LogP contribution in [-0.4, -0.2) is 15.9 Å². The highest BCUT2D eigenvalue weighted by Crippen LogP contribution is 2.30. The van der Waals surface area contributed by atoms with Crippen LogP contribution in [0.1, 0.15) is 18.2 Å². The van der Waals surface area contributed by atoms with E-state index >= 15 is 0 Å². The molecule has 7 heteroatoms. The Balaban J connectivity index is 1.84. The summed E-state index contributed by atoms with van der Waals surface area (Å²) in [6.07, 6.45) is 3.38. The third-order valence-electron chi connectivity index (χ3n) is 3.91. The summed E-state index contributed by atoms with van der Waals surface area (Å²) in [5.41, 5.74) is 3.93. The molecular formula is C20H19FN4OS. The predicted molar refractivity (Wildman–Crippen MR) is 107 cm³/mol. The summed E-state index contributed by atoms with van der Waals surface area (Å²) in [6.45, 7) is 5.06. The molecule has 0 aliphatic rings. The molecule has 0 bridgehead atoms. The van der Waals surface area contributed by atoms with Crippen LogP contribution in [0.25, 0.3) is 11.1 Å². The monoisotopic (exact) mass is 382 g/mol. The molecule has 3 aromatic rings. The average molecular weight is 382 g/mol. The van der Waals surface area contributed by atoms with Crippen molar-refractivity contribution in [3.63, 3.8) is 0 Å². The number of hydrogen-bond donors (Lipinski definition) is 2. The molecule has 0 radical (unpaired) electrons. The lowest BCUT2D eigenvalue weighted by atomic mass is 10.1. The van der Waals surface area contributed by atoms with Gasteiger partial charge >= 0.3 is 0 Å². The van der Waals surface area contributed by atoms with Gasteiger partial charge in [0, 0.05) is 24.9 Å². The van der Waals surface area contributed by atoms with E-state index in [0.29, 0.717) is 16.3 Å². The van der Waals surface area contributed by atoms with Crippen molar-refractivity contribution in [2.75, 3.05) is 10.0 Å². The smallest absolute Gasteiger partial charge is 0.222 e. The molecular weight excluding hydrogens is 363 g/mol. The number of carbonyl (C=O) groups is 1. The molecule has 0 aliphatic heterocycles. The molecule has 0 saturated carbocycles. The zero-order chi connectivity index (χ0) is 19.4. The minimum Gasteiger partial charge on any atom is -0.324 e. The lowest BCUT2D eigenvalue weighted by Crippen LogP contribution is -2.07. The number of nitrogens with one attached hydrogen (secondary N) is 2. The number of benzene rings is 1. The largest absolute Gasteiger partial charge is 0.324 e. The standard InChI is InChI=1S/C20H19FN4OS/c1-12-5-4-6-18(20(12)21)27-25-17-9-16(11-23-13(17)2)15-7-8-22-19(10-15)24-14(3)26/h4-11,25H,1-3H3,(H,22,24,26). The molecule has 0 aliphatic carbocycles. The van der Waals surface area contributed by atoms with Crippen molar-refractivity contribution in [3.05, 3.63) is 65.9 Å². The summed E-state index contributed by atoms with van der Waals surface area (Å²) in [5, 5.41) is 2.67. The molecule has 0 atom stereocenters. The minimum atomic E-state index is -0.231. The number of amides is 1. The van der Waals surface area contributed by atoms with E-state index in [0.717, 1.165) is 22.5 Å². The first-order valence-corrected chi connectivity index (χ1v) is 9.14. The number of nitrogens with zero attached hydrogens (tertiary/aromatic N) is 2. The van der Waals surface area contributed by atoms with E-state index in [1.54, 1.807) is 37.5 Å². The van der Waals surface area contributed by atoms with Crippen LogP contribution in [0, 0.1) is 19.7 Å². The van der Waals surface area contributed by atoms with Gasteiger partial charge in [0.05, 0.1) is 16.3 Å². The highest BCUT2D eigenvalue weighted by Gasteiger charge is 2.09. The Morgan fingerprint density at radius 2 is 1.93 bits per heavy atom. The summed E-state index contributed by atoms with van der Waals surface area (Å²) >= 11 is 1.21. The van der Waals surface area contributed by atoms with Gasteiger partial charge in [0.2, 0.25) is 5.91 Å². The fraction of sp³-hybridized carbons (Fsp3) is 0.150. The third kappa shape index (κ3) is 4.62. The SMILES string of the molecule is CC(=O)Nc1cc(-c2cnc(C)c(NSc3cccc(C)c3F)c2)ccn1. The van der Waals surface area contributed by atoms with E-state index in [9.17, 15) is 9.18 Å². The van der Waals surface area contributed by atoms with Crippen molar-refractivity contribution in [1.29, 1.82) is 0 Å². The zero-order valence-corrected chi connectivity index (χ0v) is 16.0. The van der Waals surface area contributed by atoms with Crippen molar-refractivity contribution >= 4 is 29.4 Å². The summed E-state index contributed by atoms with van der Waals surface area (Å²) < 4.78 is 17.4. The minimum absolute atomic E-state index is 0.180. The second-order valence-corrected chi connectivity index (χ2v) is 6.91. The van der Waals surface area contributed by atoms with Gasteiger partial charge in [-0.05, 0) is 61.2 Å². The molecule has 3 rings (SSSR count). The topological polar surface area (TPSA) is 66.9 Å². The van der Waals surface area contributed by atoms with Crippen LogP contribution in [-0.2, 0) is 4.79 Å². The van der Waals surface area contributed by atoms with Crippen LogP contribution >= 0.6 is 11.9 Å². The summed E-state index contributed by atoms with van der Waals surface area (Å²) in [5.74, 6) is 0.0674. The molecule has 2 N–H and O–H groups in total. The first kappa shape index (κ1) is 18.8. The van der Waals surface area contributed by atoms with Crippen LogP contribution in [0.5, 0.6) is 0 Å². The second-order valence-electron chi connectivity index (χ2n) is 6.06. The Bertz CT molecular complexity index is 993. The molecule has 0 fully saturated rings. The number of rotatable bonds is 5. The molecule has 27 heavy (non-hydrogen) atoms. The van der Waals surface area contributed by atoms with Gasteiger partial charge in [-0.1, -0.05) is 12.1 Å². The zero-order valence-electron chi connectivity index (χ0n) is 15.2. The van der Waals surface area contributed by atoms with E-state index < -0.39 is 0 Å². The van der Waals surface area contributed by atoms with Crippen LogP contribution in [0.3, 0.4) is 0 Å². The van der Waals surface area contributed by atoms with Gasteiger partial charge in [0.1, 0.15) is 11.6 Å². The van der Waals surface area contributed by atoms with Gasteiger partial charge in [-0.2, -0.15) is 0 Å². The molecule has 2 aromatic heterocycles. The molecule has 5 nitrogen and oxygen atoms in total. The van der Waals surface area contributed by atoms with Gasteiger partial charge in [0.15, 0.2) is 0 Å². The van der Waals surface area contributed by atoms with Crippen molar-refractivity contribution in [1.82, 2.24) is 9.97 Å². The van der Waals surface area contributed by atoms with Gasteiger partial charge in [-0.15, -0.1) is 0 Å². The Morgan fingerprint density at radius 1 is 1.11 bits per heavy atom. The van der Waals surface area contributed by atoms with Crippen molar-refractivity contribution < 1.29 is 9.18 Å². The first-order chi connectivity index (χ1) is 12.9. The second kappa shape index (κ2) is 8.18. The van der Waals surface area contributed by atoms with E-state index in [4.69, 9.17) is 0 Å². The Labute approximate surface area is 161 Å². The van der Waals surface area contributed by atoms with E-state index in [-0.39, 0.29) is 11.7 Å². The predicted octanol–water partition coefficient (Wildman–Crippen LogP) is 4.98. The third-order valence-corrected chi connectivity index (χ3v) is 4.77. The van der Waals surface area contributed by atoms with Crippen LogP contribution in [0.15, 0.2) is 53.7 Å². The van der Waals surface area contributed by atoms with Crippen LogP contribution in [0.2, 0.25) is 0 Å². The molecule has 138 valence electrons. The number of pyridine rings is 2. The number of aromatic nitrogens is 2. The van der Waals surface area contributed by atoms with Crippen LogP contribution in [0.4, 0.5) is 15.9 Å². The average Bonchev–Trinajstić information content (AvgIpc) is 2.64. The van der Waals surface area contributed by atoms with Gasteiger partial charge in [0.25, 0.3) is 0 Å². The van der Waals surface area contributed by atoms with Crippen molar-refractivity contribution in [2.45, 2.75) is 25.7 Å².